The zero-order chi connectivity index (χ0) is 17.7. The molecule has 1 aliphatic rings. The van der Waals surface area contributed by atoms with Crippen LogP contribution in [0.3, 0.4) is 0 Å². The van der Waals surface area contributed by atoms with Gasteiger partial charge in [0.05, 0.1) is 6.04 Å². The van der Waals surface area contributed by atoms with E-state index in [0.717, 1.165) is 33.3 Å². The number of carbonyl (C=O) groups is 1. The topological polar surface area (TPSA) is 57.8 Å². The number of nitrogens with one attached hydrogen (secondary N) is 2. The second-order valence-electron chi connectivity index (χ2n) is 6.69. The van der Waals surface area contributed by atoms with Crippen molar-refractivity contribution in [2.75, 3.05) is 0 Å². The van der Waals surface area contributed by atoms with Crippen molar-refractivity contribution in [3.05, 3.63) is 83.7 Å². The first-order valence-electron chi connectivity index (χ1n) is 8.65. The molecule has 2 aromatic heterocycles. The van der Waals surface area contributed by atoms with Crippen LogP contribution in [0.5, 0.6) is 0 Å². The number of hydrogen-bond donors (Lipinski definition) is 2. The maximum atomic E-state index is 13.0. The van der Waals surface area contributed by atoms with Crippen LogP contribution in [-0.2, 0) is 0 Å². The quantitative estimate of drug-likeness (QED) is 0.524. The van der Waals surface area contributed by atoms with E-state index in [-0.39, 0.29) is 11.9 Å². The number of carbonyl (C=O) groups excluding carboxylic acids is 1. The number of amides is 1. The standard InChI is InChI=1S/C21H16BN3O/c22-13-7-5-12(6-8-13)19-17-11-24-20-18(17)15(9-10-23-20)14-3-1-2-4-16(14)21(26)25-19/h1-11,19H,22H2,(H,23,24)(H,25,26). The molecule has 124 valence electrons. The molecular formula is C21H16BN3O. The lowest BCUT2D eigenvalue weighted by atomic mass is 9.88. The van der Waals surface area contributed by atoms with Crippen LogP contribution in [0.1, 0.15) is 27.5 Å². The first kappa shape index (κ1) is 15.0. The molecule has 1 amide bonds. The SMILES string of the molecule is Bc1ccc(C2NC(=O)c3ccccc3-c3ccnc4[nH]cc2c34)cc1. The van der Waals surface area contributed by atoms with Crippen LogP contribution in [0.4, 0.5) is 0 Å². The molecule has 0 fully saturated rings. The highest BCUT2D eigenvalue weighted by Crippen LogP contribution is 2.38. The van der Waals surface area contributed by atoms with Gasteiger partial charge in [-0.3, -0.25) is 4.79 Å². The number of benzene rings is 2. The van der Waals surface area contributed by atoms with Crippen molar-refractivity contribution >= 4 is 30.2 Å². The molecule has 1 atom stereocenters. The van der Waals surface area contributed by atoms with Crippen molar-refractivity contribution in [3.8, 4) is 11.1 Å². The normalized spacial score (nSPS) is 15.8. The maximum absolute atomic E-state index is 13.0. The summed E-state index contributed by atoms with van der Waals surface area (Å²) in [4.78, 5) is 20.8. The number of nitrogens with zero attached hydrogens (tertiary/aromatic N) is 1. The third-order valence-corrected chi connectivity index (χ3v) is 5.06. The molecule has 0 radical (unpaired) electrons. The monoisotopic (exact) mass is 337 g/mol. The number of H-pyrrole nitrogens is 1. The molecule has 2 aromatic carbocycles. The van der Waals surface area contributed by atoms with Crippen LogP contribution in [0.15, 0.2) is 67.0 Å². The summed E-state index contributed by atoms with van der Waals surface area (Å²) >= 11 is 0. The second kappa shape index (κ2) is 5.59. The van der Waals surface area contributed by atoms with E-state index in [1.54, 1.807) is 6.20 Å². The summed E-state index contributed by atoms with van der Waals surface area (Å²) in [6.45, 7) is 0. The van der Waals surface area contributed by atoms with Crippen LogP contribution in [0.25, 0.3) is 22.2 Å². The molecule has 26 heavy (non-hydrogen) atoms. The molecule has 5 heteroatoms. The molecule has 2 N–H and O–H groups in total. The average molecular weight is 337 g/mol. The molecule has 4 nitrogen and oxygen atoms in total. The Bertz CT molecular complexity index is 1150. The van der Waals surface area contributed by atoms with Crippen molar-refractivity contribution in [3.63, 3.8) is 0 Å². The molecule has 0 saturated carbocycles. The summed E-state index contributed by atoms with van der Waals surface area (Å²) in [5.74, 6) is -0.0667. The summed E-state index contributed by atoms with van der Waals surface area (Å²) in [7, 11) is 2.06. The van der Waals surface area contributed by atoms with Gasteiger partial charge in [-0.15, -0.1) is 0 Å². The fraction of sp³-hybridized carbons (Fsp3) is 0.0476. The summed E-state index contributed by atoms with van der Waals surface area (Å²) in [5.41, 5.74) is 6.77. The summed E-state index contributed by atoms with van der Waals surface area (Å²) in [5, 5.41) is 4.27. The minimum Gasteiger partial charge on any atom is -0.346 e. The molecule has 0 saturated heterocycles. The zero-order valence-electron chi connectivity index (χ0n) is 14.3. The van der Waals surface area contributed by atoms with Crippen molar-refractivity contribution in [1.82, 2.24) is 15.3 Å². The Labute approximate surface area is 151 Å². The second-order valence-corrected chi connectivity index (χ2v) is 6.69. The Morgan fingerprint density at radius 3 is 2.50 bits per heavy atom. The summed E-state index contributed by atoms with van der Waals surface area (Å²) < 4.78 is 0. The predicted octanol–water partition coefficient (Wildman–Crippen LogP) is 2.32. The van der Waals surface area contributed by atoms with Gasteiger partial charge in [-0.05, 0) is 28.8 Å². The van der Waals surface area contributed by atoms with Gasteiger partial charge in [0.15, 0.2) is 0 Å². The Morgan fingerprint density at radius 1 is 0.923 bits per heavy atom. The van der Waals surface area contributed by atoms with E-state index >= 15 is 0 Å². The molecule has 5 rings (SSSR count). The third kappa shape index (κ3) is 2.17. The van der Waals surface area contributed by atoms with E-state index in [9.17, 15) is 4.79 Å². The van der Waals surface area contributed by atoms with E-state index in [1.807, 2.05) is 36.5 Å². The Balaban J connectivity index is 1.84. The average Bonchev–Trinajstić information content (AvgIpc) is 3.10. The lowest BCUT2D eigenvalue weighted by molar-refractivity contribution is 0.0943. The summed E-state index contributed by atoms with van der Waals surface area (Å²) in [6, 6.07) is 17.8. The number of rotatable bonds is 1. The Morgan fingerprint density at radius 2 is 1.69 bits per heavy atom. The molecular weight excluding hydrogens is 321 g/mol. The smallest absolute Gasteiger partial charge is 0.252 e. The lowest BCUT2D eigenvalue weighted by Crippen LogP contribution is -2.30. The van der Waals surface area contributed by atoms with Gasteiger partial charge in [0.1, 0.15) is 13.5 Å². The molecule has 3 heterocycles. The van der Waals surface area contributed by atoms with Gasteiger partial charge < -0.3 is 10.3 Å². The van der Waals surface area contributed by atoms with Crippen LogP contribution in [-0.4, -0.2) is 23.7 Å². The maximum Gasteiger partial charge on any atom is 0.252 e. The van der Waals surface area contributed by atoms with Crippen LogP contribution in [0, 0.1) is 0 Å². The molecule has 0 bridgehead atoms. The molecule has 1 aliphatic heterocycles. The highest BCUT2D eigenvalue weighted by molar-refractivity contribution is 6.32. The van der Waals surface area contributed by atoms with E-state index in [0.29, 0.717) is 5.56 Å². The number of aromatic nitrogens is 2. The lowest BCUT2D eigenvalue weighted by Gasteiger charge is -2.23. The van der Waals surface area contributed by atoms with Gasteiger partial charge in [-0.2, -0.15) is 0 Å². The van der Waals surface area contributed by atoms with E-state index in [1.165, 1.54) is 5.46 Å². The van der Waals surface area contributed by atoms with Gasteiger partial charge in [-0.1, -0.05) is 47.9 Å². The minimum atomic E-state index is -0.229. The van der Waals surface area contributed by atoms with Crippen LogP contribution >= 0.6 is 0 Å². The van der Waals surface area contributed by atoms with Crippen molar-refractivity contribution < 1.29 is 4.79 Å². The van der Waals surface area contributed by atoms with E-state index in [4.69, 9.17) is 0 Å². The molecule has 0 spiro atoms. The third-order valence-electron chi connectivity index (χ3n) is 5.06. The fourth-order valence-corrected chi connectivity index (χ4v) is 3.76. The Kier molecular flexibility index (Phi) is 3.22. The first-order chi connectivity index (χ1) is 12.7. The van der Waals surface area contributed by atoms with Crippen molar-refractivity contribution in [2.24, 2.45) is 0 Å². The molecule has 0 aliphatic carbocycles. The number of aromatic amines is 1. The Hall–Kier alpha value is -3.34. The molecule has 4 aromatic rings. The summed E-state index contributed by atoms with van der Waals surface area (Å²) in [6.07, 6.45) is 3.75. The van der Waals surface area contributed by atoms with Gasteiger partial charge >= 0.3 is 0 Å². The van der Waals surface area contributed by atoms with Crippen LogP contribution in [0.2, 0.25) is 0 Å². The minimum absolute atomic E-state index is 0.0667. The van der Waals surface area contributed by atoms with Gasteiger partial charge in [0, 0.05) is 28.9 Å². The fourth-order valence-electron chi connectivity index (χ4n) is 3.76. The zero-order valence-corrected chi connectivity index (χ0v) is 14.3. The van der Waals surface area contributed by atoms with Gasteiger partial charge in [0.25, 0.3) is 5.91 Å². The van der Waals surface area contributed by atoms with Gasteiger partial charge in [-0.25, -0.2) is 4.98 Å². The highest BCUT2D eigenvalue weighted by atomic mass is 16.1. The van der Waals surface area contributed by atoms with Crippen molar-refractivity contribution in [2.45, 2.75) is 6.04 Å². The largest absolute Gasteiger partial charge is 0.346 e. The number of fused-ring (bicyclic) bond motifs is 2. The predicted molar refractivity (Wildman–Crippen MR) is 105 cm³/mol. The van der Waals surface area contributed by atoms with Crippen molar-refractivity contribution in [1.29, 1.82) is 0 Å². The molecule has 1 unspecified atom stereocenters. The van der Waals surface area contributed by atoms with Gasteiger partial charge in [0.2, 0.25) is 0 Å². The van der Waals surface area contributed by atoms with E-state index < -0.39 is 0 Å². The number of hydrogen-bond acceptors (Lipinski definition) is 2. The van der Waals surface area contributed by atoms with Crippen LogP contribution < -0.4 is 10.8 Å². The van der Waals surface area contributed by atoms with E-state index in [2.05, 4.69) is 47.4 Å². The number of pyridine rings is 1. The first-order valence-corrected chi connectivity index (χ1v) is 8.65. The highest BCUT2D eigenvalue weighted by Gasteiger charge is 2.27.